The smallest absolute Gasteiger partial charge is 0.233 e. The maximum atomic E-state index is 11.6. The van der Waals surface area contributed by atoms with Gasteiger partial charge in [0.25, 0.3) is 0 Å². The van der Waals surface area contributed by atoms with Crippen molar-refractivity contribution in [3.63, 3.8) is 0 Å². The fourth-order valence-electron chi connectivity index (χ4n) is 1.69. The molecule has 0 bridgehead atoms. The lowest BCUT2D eigenvalue weighted by Crippen LogP contribution is -2.28. The monoisotopic (exact) mass is 210 g/mol. The number of hydrogen-bond donors (Lipinski definition) is 1. The predicted molar refractivity (Wildman–Crippen MR) is 58.0 cm³/mol. The van der Waals surface area contributed by atoms with Gasteiger partial charge >= 0.3 is 0 Å². The maximum absolute atomic E-state index is 11.6. The first-order valence-corrected chi connectivity index (χ1v) is 5.92. The van der Waals surface area contributed by atoms with Gasteiger partial charge in [0.05, 0.1) is 5.75 Å². The Bertz CT molecular complexity index is 310. The lowest BCUT2D eigenvalue weighted by molar-refractivity contribution is -0.128. The van der Waals surface area contributed by atoms with E-state index in [1.165, 1.54) is 0 Å². The minimum Gasteiger partial charge on any atom is -0.363 e. The first-order chi connectivity index (χ1) is 6.83. The third-order valence-corrected chi connectivity index (χ3v) is 3.56. The predicted octanol–water partition coefficient (Wildman–Crippen LogP) is 2.00. The topological polar surface area (TPSA) is 36.1 Å². The van der Waals surface area contributed by atoms with Crippen molar-refractivity contribution in [2.75, 3.05) is 12.3 Å². The van der Waals surface area contributed by atoms with Crippen LogP contribution in [0, 0.1) is 0 Å². The summed E-state index contributed by atoms with van der Waals surface area (Å²) in [5.74, 6) is 0.875. The number of amides is 1. The summed E-state index contributed by atoms with van der Waals surface area (Å²) in [4.78, 5) is 16.7. The van der Waals surface area contributed by atoms with Gasteiger partial charge in [-0.2, -0.15) is 0 Å². The third kappa shape index (κ3) is 1.66. The van der Waals surface area contributed by atoms with Crippen LogP contribution in [-0.4, -0.2) is 28.1 Å². The van der Waals surface area contributed by atoms with E-state index >= 15 is 0 Å². The molecule has 1 aromatic heterocycles. The van der Waals surface area contributed by atoms with E-state index in [0.29, 0.717) is 5.75 Å². The van der Waals surface area contributed by atoms with Crippen molar-refractivity contribution in [1.82, 2.24) is 9.88 Å². The molecule has 2 heterocycles. The molecular formula is C10H14N2OS. The molecule has 0 saturated carbocycles. The van der Waals surface area contributed by atoms with Gasteiger partial charge in [0, 0.05) is 18.4 Å². The van der Waals surface area contributed by atoms with Crippen molar-refractivity contribution in [3.05, 3.63) is 24.0 Å². The highest BCUT2D eigenvalue weighted by molar-refractivity contribution is 8.00. The van der Waals surface area contributed by atoms with Crippen LogP contribution < -0.4 is 0 Å². The van der Waals surface area contributed by atoms with Crippen LogP contribution in [0.25, 0.3) is 0 Å². The van der Waals surface area contributed by atoms with Crippen LogP contribution in [0.3, 0.4) is 0 Å². The molecule has 1 unspecified atom stereocenters. The van der Waals surface area contributed by atoms with Gasteiger partial charge in [0.2, 0.25) is 5.91 Å². The van der Waals surface area contributed by atoms with Crippen molar-refractivity contribution < 1.29 is 4.79 Å². The van der Waals surface area contributed by atoms with E-state index in [0.717, 1.165) is 18.7 Å². The molecule has 1 aliphatic heterocycles. The third-order valence-electron chi connectivity index (χ3n) is 2.32. The molecule has 1 N–H and O–H groups in total. The molecule has 3 nitrogen and oxygen atoms in total. The summed E-state index contributed by atoms with van der Waals surface area (Å²) in [6.45, 7) is 2.96. The summed E-state index contributed by atoms with van der Waals surface area (Å²) in [7, 11) is 0. The number of carbonyl (C=O) groups is 1. The molecule has 2 rings (SSSR count). The van der Waals surface area contributed by atoms with Crippen LogP contribution in [0.15, 0.2) is 18.3 Å². The fourth-order valence-corrected chi connectivity index (χ4v) is 2.89. The minimum absolute atomic E-state index is 0.206. The average Bonchev–Trinajstić information content (AvgIpc) is 2.77. The fraction of sp³-hybridized carbons (Fsp3) is 0.500. The van der Waals surface area contributed by atoms with E-state index in [9.17, 15) is 4.79 Å². The van der Waals surface area contributed by atoms with E-state index in [1.54, 1.807) is 11.8 Å². The number of rotatable bonds is 3. The van der Waals surface area contributed by atoms with Gasteiger partial charge in [0.15, 0.2) is 0 Å². The molecule has 1 aromatic rings. The molecule has 0 spiro atoms. The number of nitrogens with zero attached hydrogens (tertiary/aromatic N) is 1. The Balaban J connectivity index is 2.15. The van der Waals surface area contributed by atoms with Crippen molar-refractivity contribution in [1.29, 1.82) is 0 Å². The summed E-state index contributed by atoms with van der Waals surface area (Å²) in [5.41, 5.74) is 1.13. The Labute approximate surface area is 87.9 Å². The van der Waals surface area contributed by atoms with Gasteiger partial charge in [0.1, 0.15) is 5.37 Å². The van der Waals surface area contributed by atoms with E-state index in [1.807, 2.05) is 23.2 Å². The molecule has 1 atom stereocenters. The summed E-state index contributed by atoms with van der Waals surface area (Å²) in [5, 5.41) is 0.206. The summed E-state index contributed by atoms with van der Waals surface area (Å²) in [6.07, 6.45) is 2.92. The molecule has 1 saturated heterocycles. The Morgan fingerprint density at radius 1 is 1.71 bits per heavy atom. The Morgan fingerprint density at radius 2 is 2.57 bits per heavy atom. The number of aromatic amines is 1. The average molecular weight is 210 g/mol. The minimum atomic E-state index is 0.206. The molecule has 1 aliphatic rings. The number of aromatic nitrogens is 1. The number of H-pyrrole nitrogens is 1. The van der Waals surface area contributed by atoms with Crippen LogP contribution in [-0.2, 0) is 4.79 Å². The van der Waals surface area contributed by atoms with Crippen LogP contribution in [0.4, 0.5) is 0 Å². The second-order valence-corrected chi connectivity index (χ2v) is 4.44. The number of nitrogens with one attached hydrogen (secondary N) is 1. The molecule has 14 heavy (non-hydrogen) atoms. The van der Waals surface area contributed by atoms with Crippen LogP contribution >= 0.6 is 11.8 Å². The summed E-state index contributed by atoms with van der Waals surface area (Å²) in [6, 6.07) is 4.02. The Kier molecular flexibility index (Phi) is 2.82. The second-order valence-electron chi connectivity index (χ2n) is 3.38. The van der Waals surface area contributed by atoms with Gasteiger partial charge in [-0.25, -0.2) is 0 Å². The first kappa shape index (κ1) is 9.65. The van der Waals surface area contributed by atoms with E-state index < -0.39 is 0 Å². The van der Waals surface area contributed by atoms with Crippen molar-refractivity contribution >= 4 is 17.7 Å². The maximum Gasteiger partial charge on any atom is 0.233 e. The van der Waals surface area contributed by atoms with Crippen molar-refractivity contribution in [2.24, 2.45) is 0 Å². The molecule has 76 valence electrons. The zero-order valence-electron chi connectivity index (χ0n) is 8.19. The molecule has 0 aliphatic carbocycles. The SMILES string of the molecule is CCCN1C(=O)CSC1c1ccc[nH]1. The largest absolute Gasteiger partial charge is 0.363 e. The summed E-state index contributed by atoms with van der Waals surface area (Å²) >= 11 is 1.70. The summed E-state index contributed by atoms with van der Waals surface area (Å²) < 4.78 is 0. The lowest BCUT2D eigenvalue weighted by atomic mass is 10.3. The molecule has 0 aromatic carbocycles. The standard InChI is InChI=1S/C10H14N2OS/c1-2-6-12-9(13)7-14-10(12)8-4-3-5-11-8/h3-5,10-11H,2,6-7H2,1H3. The molecule has 0 radical (unpaired) electrons. The molecule has 1 amide bonds. The van der Waals surface area contributed by atoms with E-state index in [2.05, 4.69) is 11.9 Å². The van der Waals surface area contributed by atoms with Gasteiger partial charge in [-0.3, -0.25) is 4.79 Å². The molecular weight excluding hydrogens is 196 g/mol. The van der Waals surface area contributed by atoms with Crippen LogP contribution in [0.2, 0.25) is 0 Å². The number of thioether (sulfide) groups is 1. The molecule has 4 heteroatoms. The second kappa shape index (κ2) is 4.09. The van der Waals surface area contributed by atoms with Gasteiger partial charge in [-0.15, -0.1) is 11.8 Å². The Hall–Kier alpha value is -0.900. The van der Waals surface area contributed by atoms with Crippen LogP contribution in [0.5, 0.6) is 0 Å². The van der Waals surface area contributed by atoms with E-state index in [-0.39, 0.29) is 11.3 Å². The highest BCUT2D eigenvalue weighted by Gasteiger charge is 2.32. The quantitative estimate of drug-likeness (QED) is 0.828. The normalized spacial score (nSPS) is 21.9. The molecule has 1 fully saturated rings. The van der Waals surface area contributed by atoms with Gasteiger partial charge < -0.3 is 9.88 Å². The Morgan fingerprint density at radius 3 is 3.21 bits per heavy atom. The van der Waals surface area contributed by atoms with Crippen LogP contribution in [0.1, 0.15) is 24.4 Å². The highest BCUT2D eigenvalue weighted by atomic mass is 32.2. The number of hydrogen-bond acceptors (Lipinski definition) is 2. The van der Waals surface area contributed by atoms with Crippen molar-refractivity contribution in [3.8, 4) is 0 Å². The zero-order chi connectivity index (χ0) is 9.97. The van der Waals surface area contributed by atoms with Gasteiger partial charge in [-0.1, -0.05) is 6.92 Å². The zero-order valence-corrected chi connectivity index (χ0v) is 9.01. The van der Waals surface area contributed by atoms with Crippen molar-refractivity contribution in [2.45, 2.75) is 18.7 Å². The first-order valence-electron chi connectivity index (χ1n) is 4.87. The van der Waals surface area contributed by atoms with Gasteiger partial charge in [-0.05, 0) is 18.6 Å². The highest BCUT2D eigenvalue weighted by Crippen LogP contribution is 2.37. The van der Waals surface area contributed by atoms with E-state index in [4.69, 9.17) is 0 Å². The number of carbonyl (C=O) groups excluding carboxylic acids is 1. The lowest BCUT2D eigenvalue weighted by Gasteiger charge is -2.22.